The van der Waals surface area contributed by atoms with Gasteiger partial charge in [0.1, 0.15) is 5.75 Å². The minimum absolute atomic E-state index is 0.151. The largest absolute Gasteiger partial charge is 0.493 e. The molecule has 98 valence electrons. The van der Waals surface area contributed by atoms with Crippen molar-refractivity contribution in [2.45, 2.75) is 38.3 Å². The average Bonchev–Trinajstić information content (AvgIpc) is 2.40. The Bertz CT molecular complexity index is 413. The lowest BCUT2D eigenvalue weighted by molar-refractivity contribution is 0.220. The first-order chi connectivity index (χ1) is 8.83. The van der Waals surface area contributed by atoms with Crippen molar-refractivity contribution in [3.05, 3.63) is 29.3 Å². The highest BCUT2D eigenvalue weighted by molar-refractivity contribution is 5.40. The van der Waals surface area contributed by atoms with Gasteiger partial charge in [-0.25, -0.2) is 0 Å². The molecule has 1 aromatic rings. The fraction of sp³-hybridized carbons (Fsp3) is 0.600. The Hall–Kier alpha value is -1.06. The van der Waals surface area contributed by atoms with Crippen LogP contribution in [0.5, 0.6) is 5.75 Å². The third kappa shape index (κ3) is 2.52. The van der Waals surface area contributed by atoms with Crippen LogP contribution in [0.1, 0.15) is 42.9 Å². The number of likely N-dealkylation sites (tertiary alicyclic amines) is 1. The van der Waals surface area contributed by atoms with Crippen LogP contribution in [0, 0.1) is 0 Å². The number of nitrogens with zero attached hydrogens (tertiary/aromatic N) is 1. The molecule has 18 heavy (non-hydrogen) atoms. The maximum atomic E-state index is 6.09. The molecule has 0 spiro atoms. The van der Waals surface area contributed by atoms with Crippen LogP contribution in [0.3, 0.4) is 0 Å². The normalized spacial score (nSPS) is 24.4. The molecule has 1 unspecified atom stereocenters. The molecule has 1 atom stereocenters. The van der Waals surface area contributed by atoms with Gasteiger partial charge in [-0.2, -0.15) is 0 Å². The lowest BCUT2D eigenvalue weighted by atomic mass is 9.99. The second kappa shape index (κ2) is 5.29. The van der Waals surface area contributed by atoms with Gasteiger partial charge in [0.05, 0.1) is 6.61 Å². The fourth-order valence-electron chi connectivity index (χ4n) is 2.94. The predicted molar refractivity (Wildman–Crippen MR) is 72.6 cm³/mol. The summed E-state index contributed by atoms with van der Waals surface area (Å²) < 4.78 is 5.73. The molecule has 2 aliphatic rings. The summed E-state index contributed by atoms with van der Waals surface area (Å²) >= 11 is 0. The maximum absolute atomic E-state index is 6.09. The van der Waals surface area contributed by atoms with E-state index in [2.05, 4.69) is 23.1 Å². The Balaban J connectivity index is 1.73. The number of fused-ring (bicyclic) bond motifs is 1. The zero-order valence-corrected chi connectivity index (χ0v) is 10.9. The number of ether oxygens (including phenoxy) is 1. The van der Waals surface area contributed by atoms with Crippen LogP contribution in [0.25, 0.3) is 0 Å². The van der Waals surface area contributed by atoms with E-state index in [1.165, 1.54) is 43.5 Å². The first-order valence-electron chi connectivity index (χ1n) is 7.06. The zero-order chi connectivity index (χ0) is 12.4. The summed E-state index contributed by atoms with van der Waals surface area (Å²) in [6.07, 6.45) is 5.00. The van der Waals surface area contributed by atoms with Crippen LogP contribution >= 0.6 is 0 Å². The molecule has 2 heterocycles. The molecule has 3 rings (SSSR count). The van der Waals surface area contributed by atoms with Crippen molar-refractivity contribution in [1.29, 1.82) is 0 Å². The average molecular weight is 246 g/mol. The molecular weight excluding hydrogens is 224 g/mol. The topological polar surface area (TPSA) is 38.5 Å². The highest BCUT2D eigenvalue weighted by Gasteiger charge is 2.18. The number of piperidine rings is 1. The third-order valence-electron chi connectivity index (χ3n) is 4.02. The lowest BCUT2D eigenvalue weighted by Crippen LogP contribution is -2.29. The van der Waals surface area contributed by atoms with Gasteiger partial charge in [0, 0.05) is 24.6 Å². The van der Waals surface area contributed by atoms with Gasteiger partial charge in [0.15, 0.2) is 0 Å². The molecule has 2 aliphatic heterocycles. The summed E-state index contributed by atoms with van der Waals surface area (Å²) in [4.78, 5) is 2.54. The van der Waals surface area contributed by atoms with Gasteiger partial charge < -0.3 is 10.5 Å². The van der Waals surface area contributed by atoms with Crippen molar-refractivity contribution in [3.63, 3.8) is 0 Å². The summed E-state index contributed by atoms with van der Waals surface area (Å²) in [7, 11) is 0. The minimum Gasteiger partial charge on any atom is -0.493 e. The van der Waals surface area contributed by atoms with Gasteiger partial charge in [-0.15, -0.1) is 0 Å². The second-order valence-electron chi connectivity index (χ2n) is 5.45. The Morgan fingerprint density at radius 1 is 1.22 bits per heavy atom. The molecule has 1 fully saturated rings. The molecule has 0 amide bonds. The Kier molecular flexibility index (Phi) is 3.52. The highest BCUT2D eigenvalue weighted by atomic mass is 16.5. The summed E-state index contributed by atoms with van der Waals surface area (Å²) in [5, 5.41) is 0. The molecule has 0 radical (unpaired) electrons. The molecule has 0 aromatic heterocycles. The summed E-state index contributed by atoms with van der Waals surface area (Å²) in [5.74, 6) is 1.00. The molecule has 1 aromatic carbocycles. The quantitative estimate of drug-likeness (QED) is 0.871. The SMILES string of the molecule is NC1CCOc2cc(CN3CCCCC3)ccc21. The van der Waals surface area contributed by atoms with E-state index in [0.717, 1.165) is 25.3 Å². The standard InChI is InChI=1S/C15H22N2O/c16-14-6-9-18-15-10-12(4-5-13(14)15)11-17-7-2-1-3-8-17/h4-5,10,14H,1-3,6-9,11,16H2. The van der Waals surface area contributed by atoms with Gasteiger partial charge in [-0.3, -0.25) is 4.90 Å². The van der Waals surface area contributed by atoms with Gasteiger partial charge >= 0.3 is 0 Å². The number of nitrogens with two attached hydrogens (primary N) is 1. The van der Waals surface area contributed by atoms with Crippen molar-refractivity contribution in [2.75, 3.05) is 19.7 Å². The van der Waals surface area contributed by atoms with Crippen molar-refractivity contribution in [3.8, 4) is 5.75 Å². The van der Waals surface area contributed by atoms with Crippen LogP contribution < -0.4 is 10.5 Å². The molecule has 0 saturated carbocycles. The smallest absolute Gasteiger partial charge is 0.124 e. The van der Waals surface area contributed by atoms with Crippen molar-refractivity contribution >= 4 is 0 Å². The third-order valence-corrected chi connectivity index (χ3v) is 4.02. The Morgan fingerprint density at radius 2 is 2.06 bits per heavy atom. The van der Waals surface area contributed by atoms with E-state index in [4.69, 9.17) is 10.5 Å². The van der Waals surface area contributed by atoms with E-state index < -0.39 is 0 Å². The van der Waals surface area contributed by atoms with Crippen molar-refractivity contribution < 1.29 is 4.74 Å². The van der Waals surface area contributed by atoms with Gasteiger partial charge in [0.25, 0.3) is 0 Å². The predicted octanol–water partition coefficient (Wildman–Crippen LogP) is 2.45. The number of rotatable bonds is 2. The number of benzene rings is 1. The van der Waals surface area contributed by atoms with Crippen molar-refractivity contribution in [1.82, 2.24) is 4.90 Å². The molecule has 3 heteroatoms. The van der Waals surface area contributed by atoms with Gasteiger partial charge in [-0.1, -0.05) is 18.6 Å². The van der Waals surface area contributed by atoms with E-state index in [-0.39, 0.29) is 6.04 Å². The van der Waals surface area contributed by atoms with E-state index >= 15 is 0 Å². The monoisotopic (exact) mass is 246 g/mol. The highest BCUT2D eigenvalue weighted by Crippen LogP contribution is 2.31. The summed E-state index contributed by atoms with van der Waals surface area (Å²) in [6.45, 7) is 4.27. The van der Waals surface area contributed by atoms with Crippen LogP contribution in [-0.4, -0.2) is 24.6 Å². The van der Waals surface area contributed by atoms with Gasteiger partial charge in [-0.05, 0) is 37.6 Å². The van der Waals surface area contributed by atoms with Crippen molar-refractivity contribution in [2.24, 2.45) is 5.73 Å². The second-order valence-corrected chi connectivity index (χ2v) is 5.45. The fourth-order valence-corrected chi connectivity index (χ4v) is 2.94. The molecule has 0 aliphatic carbocycles. The van der Waals surface area contributed by atoms with Crippen LogP contribution in [0.15, 0.2) is 18.2 Å². The van der Waals surface area contributed by atoms with Crippen LogP contribution in [0.4, 0.5) is 0 Å². The first-order valence-corrected chi connectivity index (χ1v) is 7.06. The lowest BCUT2D eigenvalue weighted by Gasteiger charge is -2.28. The summed E-state index contributed by atoms with van der Waals surface area (Å²) in [5.41, 5.74) is 8.61. The number of hydrogen-bond acceptors (Lipinski definition) is 3. The summed E-state index contributed by atoms with van der Waals surface area (Å²) in [6, 6.07) is 6.70. The number of hydrogen-bond donors (Lipinski definition) is 1. The molecule has 1 saturated heterocycles. The molecule has 0 bridgehead atoms. The molecule has 3 nitrogen and oxygen atoms in total. The Morgan fingerprint density at radius 3 is 2.89 bits per heavy atom. The van der Waals surface area contributed by atoms with Gasteiger partial charge in [0.2, 0.25) is 0 Å². The van der Waals surface area contributed by atoms with E-state index in [0.29, 0.717) is 0 Å². The maximum Gasteiger partial charge on any atom is 0.124 e. The molecule has 2 N–H and O–H groups in total. The first kappa shape index (κ1) is 12.0. The molecular formula is C15H22N2O. The van der Waals surface area contributed by atoms with E-state index in [1.54, 1.807) is 0 Å². The Labute approximate surface area is 109 Å². The minimum atomic E-state index is 0.151. The van der Waals surface area contributed by atoms with E-state index in [1.807, 2.05) is 0 Å². The zero-order valence-electron chi connectivity index (χ0n) is 10.9. The van der Waals surface area contributed by atoms with E-state index in [9.17, 15) is 0 Å². The van der Waals surface area contributed by atoms with Crippen LogP contribution in [-0.2, 0) is 6.54 Å². The van der Waals surface area contributed by atoms with Crippen LogP contribution in [0.2, 0.25) is 0 Å².